The standard InChI is InChI=1S/C20H19NO6/c1-26-20(23)16-8-9-19(17(11-16)21(24)25)27-12-18(22)15-7-6-13-4-2-3-5-14(13)10-15/h6-11H,2-5,12H2,1H3. The molecule has 0 saturated carbocycles. The molecular weight excluding hydrogens is 350 g/mol. The van der Waals surface area contributed by atoms with Gasteiger partial charge in [0.25, 0.3) is 0 Å². The van der Waals surface area contributed by atoms with Crippen LogP contribution in [0.3, 0.4) is 0 Å². The zero-order valence-electron chi connectivity index (χ0n) is 14.9. The highest BCUT2D eigenvalue weighted by Crippen LogP contribution is 2.29. The topological polar surface area (TPSA) is 95.7 Å². The summed E-state index contributed by atoms with van der Waals surface area (Å²) in [5.41, 5.74) is 2.63. The summed E-state index contributed by atoms with van der Waals surface area (Å²) in [5, 5.41) is 11.2. The Morgan fingerprint density at radius 3 is 2.44 bits per heavy atom. The number of benzene rings is 2. The van der Waals surface area contributed by atoms with Gasteiger partial charge >= 0.3 is 11.7 Å². The Hall–Kier alpha value is -3.22. The number of hydrogen-bond acceptors (Lipinski definition) is 6. The van der Waals surface area contributed by atoms with Crippen molar-refractivity contribution >= 4 is 17.4 Å². The van der Waals surface area contributed by atoms with E-state index in [0.717, 1.165) is 31.7 Å². The van der Waals surface area contributed by atoms with Crippen LogP contribution in [-0.4, -0.2) is 30.4 Å². The minimum absolute atomic E-state index is 0.0394. The number of aryl methyl sites for hydroxylation is 2. The van der Waals surface area contributed by atoms with E-state index in [1.807, 2.05) is 12.1 Å². The average molecular weight is 369 g/mol. The molecule has 2 aromatic carbocycles. The van der Waals surface area contributed by atoms with E-state index in [-0.39, 0.29) is 23.7 Å². The molecule has 27 heavy (non-hydrogen) atoms. The molecule has 0 spiro atoms. The summed E-state index contributed by atoms with van der Waals surface area (Å²) in [6.07, 6.45) is 4.26. The van der Waals surface area contributed by atoms with E-state index in [1.165, 1.54) is 30.4 Å². The largest absolute Gasteiger partial charge is 0.478 e. The lowest BCUT2D eigenvalue weighted by molar-refractivity contribution is -0.385. The molecule has 0 atom stereocenters. The SMILES string of the molecule is COC(=O)c1ccc(OCC(=O)c2ccc3c(c2)CCCC3)c([N+](=O)[O-])c1. The van der Waals surface area contributed by atoms with E-state index in [4.69, 9.17) is 4.74 Å². The molecule has 0 saturated heterocycles. The van der Waals surface area contributed by atoms with Gasteiger partial charge in [-0.3, -0.25) is 14.9 Å². The molecule has 0 aliphatic heterocycles. The number of nitrogens with zero attached hydrogens (tertiary/aromatic N) is 1. The van der Waals surface area contributed by atoms with Gasteiger partial charge in [-0.2, -0.15) is 0 Å². The van der Waals surface area contributed by atoms with Crippen LogP contribution < -0.4 is 4.74 Å². The smallest absolute Gasteiger partial charge is 0.338 e. The Bertz CT molecular complexity index is 905. The fraction of sp³-hybridized carbons (Fsp3) is 0.300. The summed E-state index contributed by atoms with van der Waals surface area (Å²) >= 11 is 0. The lowest BCUT2D eigenvalue weighted by Crippen LogP contribution is -2.14. The second kappa shape index (κ2) is 7.99. The molecule has 0 N–H and O–H groups in total. The van der Waals surface area contributed by atoms with Crippen molar-refractivity contribution in [2.75, 3.05) is 13.7 Å². The van der Waals surface area contributed by atoms with Crippen LogP contribution >= 0.6 is 0 Å². The first-order valence-corrected chi connectivity index (χ1v) is 8.64. The Morgan fingerprint density at radius 1 is 1.04 bits per heavy atom. The number of carbonyl (C=O) groups excluding carboxylic acids is 2. The van der Waals surface area contributed by atoms with Crippen molar-refractivity contribution in [3.05, 3.63) is 68.8 Å². The van der Waals surface area contributed by atoms with Crippen LogP contribution in [0.25, 0.3) is 0 Å². The van der Waals surface area contributed by atoms with Gasteiger partial charge in [-0.1, -0.05) is 12.1 Å². The maximum Gasteiger partial charge on any atom is 0.338 e. The molecule has 0 fully saturated rings. The summed E-state index contributed by atoms with van der Waals surface area (Å²) in [5.74, 6) is -1.01. The zero-order chi connectivity index (χ0) is 19.4. The molecule has 7 heteroatoms. The van der Waals surface area contributed by atoms with Crippen molar-refractivity contribution in [2.24, 2.45) is 0 Å². The second-order valence-electron chi connectivity index (χ2n) is 6.33. The van der Waals surface area contributed by atoms with E-state index in [9.17, 15) is 19.7 Å². The first kappa shape index (κ1) is 18.6. The van der Waals surface area contributed by atoms with Gasteiger partial charge in [0, 0.05) is 11.6 Å². The minimum atomic E-state index is -0.685. The maximum atomic E-state index is 12.4. The number of nitro benzene ring substituents is 1. The molecule has 0 aromatic heterocycles. The number of Topliss-reactive ketones (excluding diaryl/α,β-unsaturated/α-hetero) is 1. The van der Waals surface area contributed by atoms with E-state index in [0.29, 0.717) is 5.56 Å². The van der Waals surface area contributed by atoms with Gasteiger partial charge in [-0.25, -0.2) is 4.79 Å². The predicted molar refractivity (Wildman–Crippen MR) is 97.3 cm³/mol. The highest BCUT2D eigenvalue weighted by molar-refractivity contribution is 5.97. The van der Waals surface area contributed by atoms with Gasteiger partial charge in [-0.15, -0.1) is 0 Å². The molecule has 0 bridgehead atoms. The van der Waals surface area contributed by atoms with E-state index in [2.05, 4.69) is 4.74 Å². The van der Waals surface area contributed by atoms with Crippen molar-refractivity contribution in [1.82, 2.24) is 0 Å². The van der Waals surface area contributed by atoms with Crippen molar-refractivity contribution in [3.63, 3.8) is 0 Å². The number of ether oxygens (including phenoxy) is 2. The number of carbonyl (C=O) groups is 2. The molecule has 7 nitrogen and oxygen atoms in total. The van der Waals surface area contributed by atoms with Gasteiger partial charge in [-0.05, 0) is 55.0 Å². The fourth-order valence-electron chi connectivity index (χ4n) is 3.16. The Kier molecular flexibility index (Phi) is 5.49. The minimum Gasteiger partial charge on any atom is -0.478 e. The summed E-state index contributed by atoms with van der Waals surface area (Å²) in [6.45, 7) is -0.322. The fourth-order valence-corrected chi connectivity index (χ4v) is 3.16. The van der Waals surface area contributed by atoms with Crippen LogP contribution in [0.4, 0.5) is 5.69 Å². The third-order valence-corrected chi connectivity index (χ3v) is 4.61. The predicted octanol–water partition coefficient (Wildman–Crippen LogP) is 3.52. The molecule has 140 valence electrons. The second-order valence-corrected chi connectivity index (χ2v) is 6.33. The number of esters is 1. The van der Waals surface area contributed by atoms with Crippen molar-refractivity contribution in [1.29, 1.82) is 0 Å². The highest BCUT2D eigenvalue weighted by atomic mass is 16.6. The van der Waals surface area contributed by atoms with Crippen molar-refractivity contribution in [2.45, 2.75) is 25.7 Å². The number of ketones is 1. The highest BCUT2D eigenvalue weighted by Gasteiger charge is 2.20. The lowest BCUT2D eigenvalue weighted by Gasteiger charge is -2.16. The molecule has 1 aliphatic carbocycles. The van der Waals surface area contributed by atoms with Crippen LogP contribution in [0.15, 0.2) is 36.4 Å². The summed E-state index contributed by atoms with van der Waals surface area (Å²) < 4.78 is 9.94. The average Bonchev–Trinajstić information content (AvgIpc) is 2.70. The summed E-state index contributed by atoms with van der Waals surface area (Å²) in [6, 6.07) is 9.35. The summed E-state index contributed by atoms with van der Waals surface area (Å²) in [4.78, 5) is 34.6. The van der Waals surface area contributed by atoms with E-state index < -0.39 is 16.6 Å². The number of rotatable bonds is 6. The van der Waals surface area contributed by atoms with Crippen LogP contribution in [0.1, 0.15) is 44.7 Å². The molecule has 1 aliphatic rings. The Morgan fingerprint density at radius 2 is 1.74 bits per heavy atom. The molecule has 0 heterocycles. The quantitative estimate of drug-likeness (QED) is 0.335. The lowest BCUT2D eigenvalue weighted by atomic mass is 9.90. The van der Waals surface area contributed by atoms with E-state index >= 15 is 0 Å². The van der Waals surface area contributed by atoms with Crippen LogP contribution in [0.5, 0.6) is 5.75 Å². The molecular formula is C20H19NO6. The first-order chi connectivity index (χ1) is 13.0. The van der Waals surface area contributed by atoms with Gasteiger partial charge in [0.1, 0.15) is 0 Å². The molecule has 2 aromatic rings. The number of hydrogen-bond donors (Lipinski definition) is 0. The van der Waals surface area contributed by atoms with Crippen LogP contribution in [-0.2, 0) is 17.6 Å². The molecule has 3 rings (SSSR count). The molecule has 0 radical (unpaired) electrons. The maximum absolute atomic E-state index is 12.4. The van der Waals surface area contributed by atoms with Crippen molar-refractivity contribution < 1.29 is 24.0 Å². The van der Waals surface area contributed by atoms with Crippen molar-refractivity contribution in [3.8, 4) is 5.75 Å². The molecule has 0 amide bonds. The number of methoxy groups -OCH3 is 1. The first-order valence-electron chi connectivity index (χ1n) is 8.64. The Labute approximate surface area is 156 Å². The van der Waals surface area contributed by atoms with Gasteiger partial charge in [0.2, 0.25) is 0 Å². The number of fused-ring (bicyclic) bond motifs is 1. The van der Waals surface area contributed by atoms with Crippen LogP contribution in [0.2, 0.25) is 0 Å². The van der Waals surface area contributed by atoms with Crippen LogP contribution in [0, 0.1) is 10.1 Å². The Balaban J connectivity index is 1.75. The third kappa shape index (κ3) is 4.13. The number of nitro groups is 1. The third-order valence-electron chi connectivity index (χ3n) is 4.61. The van der Waals surface area contributed by atoms with E-state index in [1.54, 1.807) is 6.07 Å². The van der Waals surface area contributed by atoms with Gasteiger partial charge < -0.3 is 9.47 Å². The van der Waals surface area contributed by atoms with Gasteiger partial charge in [0.15, 0.2) is 18.1 Å². The monoisotopic (exact) mass is 369 g/mol. The van der Waals surface area contributed by atoms with Gasteiger partial charge in [0.05, 0.1) is 17.6 Å². The summed E-state index contributed by atoms with van der Waals surface area (Å²) in [7, 11) is 1.19. The normalized spacial score (nSPS) is 12.8. The zero-order valence-corrected chi connectivity index (χ0v) is 14.9. The molecule has 0 unspecified atom stereocenters.